The summed E-state index contributed by atoms with van der Waals surface area (Å²) in [5.74, 6) is 0. The highest BCUT2D eigenvalue weighted by Gasteiger charge is 2.15. The van der Waals surface area contributed by atoms with Gasteiger partial charge in [-0.25, -0.2) is 0 Å². The molecule has 1 aromatic heterocycles. The number of hydrogen-bond donors (Lipinski definition) is 1. The zero-order valence-corrected chi connectivity index (χ0v) is 11.6. The third kappa shape index (κ3) is 2.46. The Morgan fingerprint density at radius 3 is 2.67 bits per heavy atom. The Bertz CT molecular complexity index is 528. The molecule has 2 rings (SSSR count). The summed E-state index contributed by atoms with van der Waals surface area (Å²) < 4.78 is 1.96. The minimum atomic E-state index is 0.214. The maximum Gasteiger partial charge on any atom is 0.0608 e. The van der Waals surface area contributed by atoms with Crippen LogP contribution < -0.4 is 5.32 Å². The molecular weight excluding hydrogens is 222 g/mol. The molecule has 0 amide bonds. The fourth-order valence-electron chi connectivity index (χ4n) is 2.35. The van der Waals surface area contributed by atoms with Crippen LogP contribution in [0.5, 0.6) is 0 Å². The first kappa shape index (κ1) is 12.8. The first-order valence-electron chi connectivity index (χ1n) is 6.42. The van der Waals surface area contributed by atoms with Gasteiger partial charge in [0.05, 0.1) is 12.2 Å². The van der Waals surface area contributed by atoms with E-state index in [0.29, 0.717) is 0 Å². The van der Waals surface area contributed by atoms with Gasteiger partial charge >= 0.3 is 0 Å². The van der Waals surface area contributed by atoms with Crippen LogP contribution in [0.25, 0.3) is 0 Å². The van der Waals surface area contributed by atoms with Gasteiger partial charge in [-0.2, -0.15) is 5.10 Å². The number of nitrogens with one attached hydrogen (secondary N) is 1. The van der Waals surface area contributed by atoms with E-state index in [4.69, 9.17) is 0 Å². The van der Waals surface area contributed by atoms with Crippen molar-refractivity contribution in [3.63, 3.8) is 0 Å². The molecule has 0 aliphatic heterocycles. The van der Waals surface area contributed by atoms with Crippen molar-refractivity contribution in [1.82, 2.24) is 15.1 Å². The van der Waals surface area contributed by atoms with Gasteiger partial charge in [0.25, 0.3) is 0 Å². The molecule has 1 heterocycles. The predicted octanol–water partition coefficient (Wildman–Crippen LogP) is 2.83. The zero-order chi connectivity index (χ0) is 13.1. The third-order valence-electron chi connectivity index (χ3n) is 3.34. The minimum absolute atomic E-state index is 0.214. The van der Waals surface area contributed by atoms with Gasteiger partial charge in [0.15, 0.2) is 0 Å². The second-order valence-corrected chi connectivity index (χ2v) is 4.71. The lowest BCUT2D eigenvalue weighted by Crippen LogP contribution is -2.18. The lowest BCUT2D eigenvalue weighted by Gasteiger charge is -2.18. The lowest BCUT2D eigenvalue weighted by atomic mass is 9.96. The van der Waals surface area contributed by atoms with Gasteiger partial charge in [-0.15, -0.1) is 0 Å². The quantitative estimate of drug-likeness (QED) is 0.895. The van der Waals surface area contributed by atoms with E-state index in [9.17, 15) is 0 Å². The van der Waals surface area contributed by atoms with Crippen molar-refractivity contribution in [2.75, 3.05) is 7.05 Å². The van der Waals surface area contributed by atoms with Gasteiger partial charge in [-0.1, -0.05) is 23.8 Å². The lowest BCUT2D eigenvalue weighted by molar-refractivity contribution is 0.653. The summed E-state index contributed by atoms with van der Waals surface area (Å²) in [5.41, 5.74) is 5.15. The monoisotopic (exact) mass is 243 g/mol. The van der Waals surface area contributed by atoms with Gasteiger partial charge < -0.3 is 5.32 Å². The van der Waals surface area contributed by atoms with E-state index < -0.39 is 0 Å². The fourth-order valence-corrected chi connectivity index (χ4v) is 2.35. The highest BCUT2D eigenvalue weighted by molar-refractivity contribution is 5.37. The zero-order valence-electron chi connectivity index (χ0n) is 11.6. The molecule has 1 unspecified atom stereocenters. The molecule has 2 aromatic rings. The molecule has 0 aliphatic rings. The normalized spacial score (nSPS) is 12.7. The van der Waals surface area contributed by atoms with Crippen LogP contribution in [0.1, 0.15) is 35.2 Å². The summed E-state index contributed by atoms with van der Waals surface area (Å²) in [6, 6.07) is 6.81. The number of rotatable bonds is 4. The summed E-state index contributed by atoms with van der Waals surface area (Å²) in [7, 11) is 1.99. The SMILES string of the molecule is CCn1cc(C(NC)c2ccc(C)cc2C)cn1. The summed E-state index contributed by atoms with van der Waals surface area (Å²) in [5, 5.41) is 7.73. The largest absolute Gasteiger partial charge is 0.309 e. The van der Waals surface area contributed by atoms with Crippen molar-refractivity contribution in [2.24, 2.45) is 0 Å². The van der Waals surface area contributed by atoms with Crippen LogP contribution in [-0.2, 0) is 6.54 Å². The standard InChI is InChI=1S/C15H21N3/c1-5-18-10-13(9-17-18)15(16-4)14-7-6-11(2)8-12(14)3/h6-10,15-16H,5H2,1-4H3. The molecule has 3 heteroatoms. The van der Waals surface area contributed by atoms with Crippen molar-refractivity contribution in [3.05, 3.63) is 52.8 Å². The number of nitrogens with zero attached hydrogens (tertiary/aromatic N) is 2. The van der Waals surface area contributed by atoms with Crippen molar-refractivity contribution in [3.8, 4) is 0 Å². The van der Waals surface area contributed by atoms with Gasteiger partial charge in [0.1, 0.15) is 0 Å². The molecule has 18 heavy (non-hydrogen) atoms. The number of hydrogen-bond acceptors (Lipinski definition) is 2. The molecule has 0 saturated heterocycles. The molecule has 1 N–H and O–H groups in total. The van der Waals surface area contributed by atoms with Crippen molar-refractivity contribution in [1.29, 1.82) is 0 Å². The van der Waals surface area contributed by atoms with E-state index in [0.717, 1.165) is 6.54 Å². The van der Waals surface area contributed by atoms with Gasteiger partial charge in [0.2, 0.25) is 0 Å². The smallest absolute Gasteiger partial charge is 0.0608 e. The van der Waals surface area contributed by atoms with E-state index in [2.05, 4.69) is 55.6 Å². The Labute approximate surface area is 109 Å². The number of aromatic nitrogens is 2. The summed E-state index contributed by atoms with van der Waals surface area (Å²) in [6.07, 6.45) is 4.06. The molecule has 0 fully saturated rings. The summed E-state index contributed by atoms with van der Waals surface area (Å²) in [4.78, 5) is 0. The van der Waals surface area contributed by atoms with Crippen LogP contribution in [0.3, 0.4) is 0 Å². The molecule has 1 atom stereocenters. The average Bonchev–Trinajstić information content (AvgIpc) is 2.81. The average molecular weight is 243 g/mol. The Morgan fingerprint density at radius 2 is 2.11 bits per heavy atom. The predicted molar refractivity (Wildman–Crippen MR) is 74.7 cm³/mol. The molecule has 0 bridgehead atoms. The second-order valence-electron chi connectivity index (χ2n) is 4.71. The van der Waals surface area contributed by atoms with Crippen LogP contribution in [0.15, 0.2) is 30.6 Å². The van der Waals surface area contributed by atoms with Gasteiger partial charge in [-0.05, 0) is 38.9 Å². The number of benzene rings is 1. The maximum absolute atomic E-state index is 4.35. The molecular formula is C15H21N3. The topological polar surface area (TPSA) is 29.9 Å². The molecule has 1 aromatic carbocycles. The van der Waals surface area contributed by atoms with Gasteiger partial charge in [0, 0.05) is 18.3 Å². The summed E-state index contributed by atoms with van der Waals surface area (Å²) in [6.45, 7) is 7.29. The Morgan fingerprint density at radius 1 is 1.33 bits per heavy atom. The summed E-state index contributed by atoms with van der Waals surface area (Å²) >= 11 is 0. The van der Waals surface area contributed by atoms with Crippen LogP contribution in [0, 0.1) is 13.8 Å². The van der Waals surface area contributed by atoms with E-state index >= 15 is 0 Å². The molecule has 0 aliphatic carbocycles. The third-order valence-corrected chi connectivity index (χ3v) is 3.34. The first-order valence-corrected chi connectivity index (χ1v) is 6.42. The number of aryl methyl sites for hydroxylation is 3. The van der Waals surface area contributed by atoms with E-state index in [-0.39, 0.29) is 6.04 Å². The van der Waals surface area contributed by atoms with Crippen molar-refractivity contribution < 1.29 is 0 Å². The Kier molecular flexibility index (Phi) is 3.82. The van der Waals surface area contributed by atoms with Crippen molar-refractivity contribution in [2.45, 2.75) is 33.4 Å². The second kappa shape index (κ2) is 5.36. The fraction of sp³-hybridized carbons (Fsp3) is 0.400. The molecule has 96 valence electrons. The minimum Gasteiger partial charge on any atom is -0.309 e. The van der Waals surface area contributed by atoms with Crippen LogP contribution in [0.4, 0.5) is 0 Å². The molecule has 0 spiro atoms. The highest BCUT2D eigenvalue weighted by atomic mass is 15.3. The van der Waals surface area contributed by atoms with Crippen LogP contribution in [-0.4, -0.2) is 16.8 Å². The first-order chi connectivity index (χ1) is 8.65. The van der Waals surface area contributed by atoms with E-state index in [1.165, 1.54) is 22.3 Å². The molecule has 0 saturated carbocycles. The van der Waals surface area contributed by atoms with Crippen LogP contribution >= 0.6 is 0 Å². The van der Waals surface area contributed by atoms with Crippen molar-refractivity contribution >= 4 is 0 Å². The molecule has 0 radical (unpaired) electrons. The maximum atomic E-state index is 4.35. The molecule has 3 nitrogen and oxygen atoms in total. The Balaban J connectivity index is 2.38. The van der Waals surface area contributed by atoms with Gasteiger partial charge in [-0.3, -0.25) is 4.68 Å². The highest BCUT2D eigenvalue weighted by Crippen LogP contribution is 2.24. The van der Waals surface area contributed by atoms with Crippen LogP contribution in [0.2, 0.25) is 0 Å². The van der Waals surface area contributed by atoms with E-state index in [1.807, 2.05) is 17.9 Å². The Hall–Kier alpha value is -1.61. The van der Waals surface area contributed by atoms with E-state index in [1.54, 1.807) is 0 Å².